The van der Waals surface area contributed by atoms with Gasteiger partial charge in [-0.15, -0.1) is 0 Å². The van der Waals surface area contributed by atoms with Crippen molar-refractivity contribution in [2.75, 3.05) is 13.4 Å². The first-order valence-electron chi connectivity index (χ1n) is 11.9. The lowest BCUT2D eigenvalue weighted by Crippen LogP contribution is -2.29. The van der Waals surface area contributed by atoms with Crippen molar-refractivity contribution in [1.82, 2.24) is 4.90 Å². The Morgan fingerprint density at radius 1 is 0.944 bits per heavy atom. The first-order chi connectivity index (χ1) is 17.4. The number of ether oxygens (including phenoxy) is 3. The van der Waals surface area contributed by atoms with Gasteiger partial charge in [-0.25, -0.2) is 0 Å². The Bertz CT molecular complexity index is 1570. The molecule has 0 radical (unpaired) electrons. The molecule has 0 aliphatic carbocycles. The van der Waals surface area contributed by atoms with E-state index < -0.39 is 6.04 Å². The molecule has 0 fully saturated rings. The molecule has 3 aromatic carbocycles. The molecule has 4 aromatic rings. The summed E-state index contributed by atoms with van der Waals surface area (Å²) in [5, 5.41) is 0.477. The summed E-state index contributed by atoms with van der Waals surface area (Å²) >= 11 is 0. The highest BCUT2D eigenvalue weighted by Gasteiger charge is 2.43. The van der Waals surface area contributed by atoms with Gasteiger partial charge in [0.1, 0.15) is 11.3 Å². The average molecular weight is 484 g/mol. The molecular formula is C29H25NO6. The zero-order chi connectivity index (χ0) is 25.0. The molecule has 0 spiro atoms. The zero-order valence-electron chi connectivity index (χ0n) is 20.3. The molecule has 2 aliphatic rings. The highest BCUT2D eigenvalue weighted by Crippen LogP contribution is 2.41. The van der Waals surface area contributed by atoms with E-state index in [1.165, 1.54) is 0 Å². The van der Waals surface area contributed by atoms with Crippen LogP contribution in [0.4, 0.5) is 0 Å². The molecule has 36 heavy (non-hydrogen) atoms. The van der Waals surface area contributed by atoms with Crippen molar-refractivity contribution in [3.05, 3.63) is 98.4 Å². The van der Waals surface area contributed by atoms with Crippen LogP contribution in [0.3, 0.4) is 0 Å². The molecule has 182 valence electrons. The van der Waals surface area contributed by atoms with Crippen molar-refractivity contribution in [2.24, 2.45) is 0 Å². The van der Waals surface area contributed by atoms with Crippen LogP contribution in [0.25, 0.3) is 11.0 Å². The van der Waals surface area contributed by atoms with E-state index in [9.17, 15) is 9.59 Å². The van der Waals surface area contributed by atoms with Crippen LogP contribution in [0.1, 0.15) is 51.3 Å². The number of nitrogens with zero attached hydrogens (tertiary/aromatic N) is 1. The molecule has 7 heteroatoms. The number of amides is 1. The minimum atomic E-state index is -0.601. The fourth-order valence-corrected chi connectivity index (χ4v) is 4.93. The second-order valence-electron chi connectivity index (χ2n) is 9.13. The number of hydrogen-bond donors (Lipinski definition) is 0. The lowest BCUT2D eigenvalue weighted by atomic mass is 9.97. The van der Waals surface area contributed by atoms with Gasteiger partial charge in [0.05, 0.1) is 23.6 Å². The Labute approximate surface area is 207 Å². The van der Waals surface area contributed by atoms with Gasteiger partial charge < -0.3 is 23.5 Å². The molecule has 1 atom stereocenters. The minimum absolute atomic E-state index is 0.0929. The highest BCUT2D eigenvalue weighted by molar-refractivity contribution is 5.99. The molecule has 6 rings (SSSR count). The van der Waals surface area contributed by atoms with E-state index in [1.807, 2.05) is 75.4 Å². The maximum absolute atomic E-state index is 13.8. The van der Waals surface area contributed by atoms with Gasteiger partial charge in [0.15, 0.2) is 16.9 Å². The molecule has 1 amide bonds. The molecule has 0 saturated heterocycles. The van der Waals surface area contributed by atoms with E-state index in [1.54, 1.807) is 4.90 Å². The Balaban J connectivity index is 1.50. The van der Waals surface area contributed by atoms with Crippen molar-refractivity contribution in [1.29, 1.82) is 0 Å². The summed E-state index contributed by atoms with van der Waals surface area (Å²) in [6.07, 6.45) is 0. The number of carbonyl (C=O) groups is 1. The highest BCUT2D eigenvalue weighted by atomic mass is 16.7. The quantitative estimate of drug-likeness (QED) is 0.384. The summed E-state index contributed by atoms with van der Waals surface area (Å²) in [6.45, 7) is 6.83. The molecule has 1 aromatic heterocycles. The van der Waals surface area contributed by atoms with Crippen molar-refractivity contribution in [3.63, 3.8) is 0 Å². The third-order valence-electron chi connectivity index (χ3n) is 6.88. The zero-order valence-corrected chi connectivity index (χ0v) is 20.3. The molecule has 0 N–H and O–H groups in total. The largest absolute Gasteiger partial charge is 0.494 e. The summed E-state index contributed by atoms with van der Waals surface area (Å²) in [4.78, 5) is 29.3. The third kappa shape index (κ3) is 3.50. The number of aryl methyl sites for hydroxylation is 2. The van der Waals surface area contributed by atoms with Crippen LogP contribution in [0.5, 0.6) is 17.2 Å². The van der Waals surface area contributed by atoms with E-state index in [2.05, 4.69) is 0 Å². The van der Waals surface area contributed by atoms with E-state index in [-0.39, 0.29) is 30.4 Å². The van der Waals surface area contributed by atoms with Crippen LogP contribution in [0.2, 0.25) is 0 Å². The maximum Gasteiger partial charge on any atom is 0.291 e. The molecule has 2 aliphatic heterocycles. The second-order valence-corrected chi connectivity index (χ2v) is 9.13. The van der Waals surface area contributed by atoms with Gasteiger partial charge in [-0.1, -0.05) is 18.2 Å². The fraction of sp³-hybridized carbons (Fsp3) is 0.241. The van der Waals surface area contributed by atoms with Crippen LogP contribution in [-0.2, 0) is 6.54 Å². The molecule has 1 unspecified atom stereocenters. The Kier molecular flexibility index (Phi) is 5.21. The monoisotopic (exact) mass is 483 g/mol. The summed E-state index contributed by atoms with van der Waals surface area (Å²) in [7, 11) is 0. The van der Waals surface area contributed by atoms with Gasteiger partial charge in [-0.2, -0.15) is 0 Å². The Hall–Kier alpha value is -4.26. The maximum atomic E-state index is 13.8. The predicted octanol–water partition coefficient (Wildman–Crippen LogP) is 5.28. The lowest BCUT2D eigenvalue weighted by molar-refractivity contribution is 0.0714. The Morgan fingerprint density at radius 2 is 1.69 bits per heavy atom. The molecule has 7 nitrogen and oxygen atoms in total. The van der Waals surface area contributed by atoms with Crippen LogP contribution in [0.15, 0.2) is 63.8 Å². The summed E-state index contributed by atoms with van der Waals surface area (Å²) in [6, 6.07) is 16.2. The second kappa shape index (κ2) is 8.45. The SMILES string of the molecule is CCOc1ccc(C2c3c(oc4cc(C)c(C)cc4c3=O)C(=O)N2Cc2ccc3c(c2)OCO3)cc1. The smallest absolute Gasteiger partial charge is 0.291 e. The Morgan fingerprint density at radius 3 is 2.47 bits per heavy atom. The minimum Gasteiger partial charge on any atom is -0.494 e. The molecular weight excluding hydrogens is 458 g/mol. The van der Waals surface area contributed by atoms with Gasteiger partial charge >= 0.3 is 0 Å². The van der Waals surface area contributed by atoms with Gasteiger partial charge in [0.25, 0.3) is 5.91 Å². The summed E-state index contributed by atoms with van der Waals surface area (Å²) in [5.74, 6) is 1.81. The van der Waals surface area contributed by atoms with Gasteiger partial charge in [0.2, 0.25) is 12.6 Å². The number of fused-ring (bicyclic) bond motifs is 3. The number of rotatable bonds is 5. The standard InChI is InChI=1S/C29H25NO6/c1-4-33-20-8-6-19(7-9-20)26-25-27(31)21-11-16(2)17(3)12-23(21)36-28(25)29(32)30(26)14-18-5-10-22-24(13-18)35-15-34-22/h5-13,26H,4,14-15H2,1-3H3. The average Bonchev–Trinajstić information content (AvgIpc) is 3.44. The van der Waals surface area contributed by atoms with Crippen LogP contribution >= 0.6 is 0 Å². The van der Waals surface area contributed by atoms with Crippen molar-refractivity contribution < 1.29 is 23.4 Å². The predicted molar refractivity (Wildman–Crippen MR) is 134 cm³/mol. The van der Waals surface area contributed by atoms with Crippen molar-refractivity contribution in [3.8, 4) is 17.2 Å². The van der Waals surface area contributed by atoms with Crippen molar-refractivity contribution >= 4 is 16.9 Å². The topological polar surface area (TPSA) is 78.2 Å². The number of carbonyl (C=O) groups excluding carboxylic acids is 1. The van der Waals surface area contributed by atoms with E-state index in [0.717, 1.165) is 28.0 Å². The van der Waals surface area contributed by atoms with Gasteiger partial charge in [0, 0.05) is 6.54 Å². The van der Waals surface area contributed by atoms with Gasteiger partial charge in [-0.05, 0) is 79.4 Å². The van der Waals surface area contributed by atoms with E-state index >= 15 is 0 Å². The van der Waals surface area contributed by atoms with Crippen LogP contribution < -0.4 is 19.6 Å². The van der Waals surface area contributed by atoms with Crippen molar-refractivity contribution in [2.45, 2.75) is 33.4 Å². The van der Waals surface area contributed by atoms with Crippen LogP contribution in [-0.4, -0.2) is 24.2 Å². The summed E-state index contributed by atoms with van der Waals surface area (Å²) in [5.41, 5.74) is 4.26. The van der Waals surface area contributed by atoms with E-state index in [0.29, 0.717) is 34.6 Å². The fourth-order valence-electron chi connectivity index (χ4n) is 4.93. The number of hydrogen-bond acceptors (Lipinski definition) is 6. The summed E-state index contributed by atoms with van der Waals surface area (Å²) < 4.78 is 22.7. The van der Waals surface area contributed by atoms with E-state index in [4.69, 9.17) is 18.6 Å². The van der Waals surface area contributed by atoms with Gasteiger partial charge in [-0.3, -0.25) is 9.59 Å². The first kappa shape index (κ1) is 22.2. The van der Waals surface area contributed by atoms with Crippen LogP contribution in [0, 0.1) is 13.8 Å². The first-order valence-corrected chi connectivity index (χ1v) is 11.9. The molecule has 3 heterocycles. The molecule has 0 bridgehead atoms. The number of benzene rings is 3. The third-order valence-corrected chi connectivity index (χ3v) is 6.88. The molecule has 0 saturated carbocycles. The normalized spacial score (nSPS) is 16.0. The lowest BCUT2D eigenvalue weighted by Gasteiger charge is -2.25.